The van der Waals surface area contributed by atoms with Gasteiger partial charge in [0.15, 0.2) is 5.13 Å². The van der Waals surface area contributed by atoms with Crippen LogP contribution in [0.15, 0.2) is 65.2 Å². The average Bonchev–Trinajstić information content (AvgIpc) is 3.36. The second-order valence-electron chi connectivity index (χ2n) is 6.72. The first-order chi connectivity index (χ1) is 13.7. The highest BCUT2D eigenvalue weighted by molar-refractivity contribution is 7.15. The maximum atomic E-state index is 12.2. The number of furan rings is 1. The number of benzene rings is 2. The lowest BCUT2D eigenvalue weighted by atomic mass is 10.0. The summed E-state index contributed by atoms with van der Waals surface area (Å²) in [7, 11) is 0. The van der Waals surface area contributed by atoms with Crippen LogP contribution < -0.4 is 5.32 Å². The molecule has 1 amide bonds. The molecule has 2 aromatic carbocycles. The number of amides is 1. The fourth-order valence-electron chi connectivity index (χ4n) is 3.25. The van der Waals surface area contributed by atoms with Gasteiger partial charge in [-0.3, -0.25) is 4.79 Å². The van der Waals surface area contributed by atoms with Crippen molar-refractivity contribution in [3.63, 3.8) is 0 Å². The fraction of sp³-hybridized carbons (Fsp3) is 0.217. The van der Waals surface area contributed by atoms with Crippen LogP contribution in [0.5, 0.6) is 0 Å². The van der Waals surface area contributed by atoms with E-state index < -0.39 is 0 Å². The van der Waals surface area contributed by atoms with E-state index in [1.165, 1.54) is 27.7 Å². The summed E-state index contributed by atoms with van der Waals surface area (Å²) in [6.45, 7) is 2.05. The average molecular weight is 391 g/mol. The zero-order valence-electron chi connectivity index (χ0n) is 15.8. The third-order valence-electron chi connectivity index (χ3n) is 4.71. The summed E-state index contributed by atoms with van der Waals surface area (Å²) in [5, 5.41) is 6.05. The SMILES string of the molecule is CCc1ccc(CCC(=O)Nc2ncc(Cc3cccc4ccccc34)s2)o1. The second-order valence-corrected chi connectivity index (χ2v) is 7.83. The first-order valence-corrected chi connectivity index (χ1v) is 10.3. The summed E-state index contributed by atoms with van der Waals surface area (Å²) in [5.74, 6) is 1.76. The number of hydrogen-bond donors (Lipinski definition) is 1. The van der Waals surface area contributed by atoms with Crippen molar-refractivity contribution in [2.75, 3.05) is 5.32 Å². The Balaban J connectivity index is 1.36. The molecule has 142 valence electrons. The lowest BCUT2D eigenvalue weighted by molar-refractivity contribution is -0.116. The van der Waals surface area contributed by atoms with E-state index in [1.807, 2.05) is 25.3 Å². The van der Waals surface area contributed by atoms with Crippen molar-refractivity contribution < 1.29 is 9.21 Å². The lowest BCUT2D eigenvalue weighted by Crippen LogP contribution is -2.11. The molecule has 0 unspecified atom stereocenters. The monoisotopic (exact) mass is 390 g/mol. The van der Waals surface area contributed by atoms with Crippen LogP contribution in [0, 0.1) is 0 Å². The number of fused-ring (bicyclic) bond motifs is 1. The van der Waals surface area contributed by atoms with Crippen molar-refractivity contribution in [1.82, 2.24) is 4.98 Å². The molecule has 0 saturated heterocycles. The van der Waals surface area contributed by atoms with Gasteiger partial charge in [0, 0.05) is 36.8 Å². The molecule has 2 aromatic heterocycles. The second kappa shape index (κ2) is 8.40. The van der Waals surface area contributed by atoms with Crippen LogP contribution in [-0.2, 0) is 24.1 Å². The summed E-state index contributed by atoms with van der Waals surface area (Å²) in [6.07, 6.45) is 4.50. The molecule has 2 heterocycles. The van der Waals surface area contributed by atoms with Crippen LogP contribution in [0.2, 0.25) is 0 Å². The largest absolute Gasteiger partial charge is 0.466 e. The molecule has 4 rings (SSSR count). The highest BCUT2D eigenvalue weighted by Gasteiger charge is 2.10. The van der Waals surface area contributed by atoms with Gasteiger partial charge in [-0.05, 0) is 28.5 Å². The number of carbonyl (C=O) groups excluding carboxylic acids is 1. The highest BCUT2D eigenvalue weighted by atomic mass is 32.1. The standard InChI is InChI=1S/C23H22N2O2S/c1-2-18-10-11-19(27-18)12-13-22(26)25-23-24-15-20(28-23)14-17-8-5-7-16-6-3-4-9-21(16)17/h3-11,15H,2,12-14H2,1H3,(H,24,25,26). The molecule has 1 N–H and O–H groups in total. The van der Waals surface area contributed by atoms with Gasteiger partial charge in [0.25, 0.3) is 0 Å². The number of thiazole rings is 1. The third kappa shape index (κ3) is 4.31. The highest BCUT2D eigenvalue weighted by Crippen LogP contribution is 2.25. The Bertz CT molecular complexity index is 1090. The molecule has 0 saturated carbocycles. The molecule has 0 aliphatic carbocycles. The number of nitrogens with one attached hydrogen (secondary N) is 1. The summed E-state index contributed by atoms with van der Waals surface area (Å²) >= 11 is 1.53. The number of rotatable bonds is 7. The van der Waals surface area contributed by atoms with E-state index in [1.54, 1.807) is 0 Å². The summed E-state index contributed by atoms with van der Waals surface area (Å²) < 4.78 is 5.65. The smallest absolute Gasteiger partial charge is 0.226 e. The quantitative estimate of drug-likeness (QED) is 0.446. The molecule has 4 aromatic rings. The molecule has 5 heteroatoms. The van der Waals surface area contributed by atoms with Gasteiger partial charge < -0.3 is 9.73 Å². The van der Waals surface area contributed by atoms with Gasteiger partial charge in [-0.25, -0.2) is 4.98 Å². The Morgan fingerprint density at radius 2 is 1.89 bits per heavy atom. The van der Waals surface area contributed by atoms with Gasteiger partial charge in [-0.1, -0.05) is 49.4 Å². The molecule has 0 aliphatic rings. The van der Waals surface area contributed by atoms with Crippen molar-refractivity contribution in [2.24, 2.45) is 0 Å². The van der Waals surface area contributed by atoms with Gasteiger partial charge in [-0.15, -0.1) is 11.3 Å². The van der Waals surface area contributed by atoms with Crippen LogP contribution >= 0.6 is 11.3 Å². The molecule has 0 atom stereocenters. The predicted molar refractivity (Wildman–Crippen MR) is 114 cm³/mol. The Hall–Kier alpha value is -2.92. The molecule has 28 heavy (non-hydrogen) atoms. The van der Waals surface area contributed by atoms with Gasteiger partial charge >= 0.3 is 0 Å². The van der Waals surface area contributed by atoms with Crippen LogP contribution in [0.1, 0.15) is 35.3 Å². The topological polar surface area (TPSA) is 55.1 Å². The molecule has 0 spiro atoms. The number of carbonyl (C=O) groups is 1. The van der Waals surface area contributed by atoms with E-state index in [9.17, 15) is 4.79 Å². The van der Waals surface area contributed by atoms with Gasteiger partial charge in [0.2, 0.25) is 5.91 Å². The van der Waals surface area contributed by atoms with Crippen molar-refractivity contribution in [3.05, 3.63) is 82.8 Å². The van der Waals surface area contributed by atoms with Crippen LogP contribution in [0.4, 0.5) is 5.13 Å². The van der Waals surface area contributed by atoms with E-state index in [0.29, 0.717) is 18.0 Å². The third-order valence-corrected chi connectivity index (χ3v) is 5.62. The maximum Gasteiger partial charge on any atom is 0.226 e. The summed E-state index contributed by atoms with van der Waals surface area (Å²) in [6, 6.07) is 18.6. The zero-order valence-corrected chi connectivity index (χ0v) is 16.6. The van der Waals surface area contributed by atoms with E-state index in [4.69, 9.17) is 4.42 Å². The number of anilines is 1. The van der Waals surface area contributed by atoms with Gasteiger partial charge in [-0.2, -0.15) is 0 Å². The zero-order chi connectivity index (χ0) is 19.3. The summed E-state index contributed by atoms with van der Waals surface area (Å²) in [5.41, 5.74) is 1.27. The predicted octanol–water partition coefficient (Wildman–Crippen LogP) is 5.61. The van der Waals surface area contributed by atoms with E-state index in [0.717, 1.165) is 29.2 Å². The minimum absolute atomic E-state index is 0.0412. The first-order valence-electron chi connectivity index (χ1n) is 9.50. The number of nitrogens with zero attached hydrogens (tertiary/aromatic N) is 1. The Labute approximate surface area is 168 Å². The molecule has 0 radical (unpaired) electrons. The van der Waals surface area contributed by atoms with E-state index >= 15 is 0 Å². The Kier molecular flexibility index (Phi) is 5.53. The molecular weight excluding hydrogens is 368 g/mol. The lowest BCUT2D eigenvalue weighted by Gasteiger charge is -2.04. The van der Waals surface area contributed by atoms with Crippen molar-refractivity contribution in [2.45, 2.75) is 32.6 Å². The summed E-state index contributed by atoms with van der Waals surface area (Å²) in [4.78, 5) is 17.7. The number of aryl methyl sites for hydroxylation is 2. The van der Waals surface area contributed by atoms with Crippen molar-refractivity contribution in [1.29, 1.82) is 0 Å². The molecule has 0 bridgehead atoms. The molecule has 0 fully saturated rings. The van der Waals surface area contributed by atoms with Crippen molar-refractivity contribution >= 4 is 33.1 Å². The minimum Gasteiger partial charge on any atom is -0.466 e. The molecule has 0 aliphatic heterocycles. The Morgan fingerprint density at radius 1 is 1.07 bits per heavy atom. The van der Waals surface area contributed by atoms with Crippen molar-refractivity contribution in [3.8, 4) is 0 Å². The number of aromatic nitrogens is 1. The van der Waals surface area contributed by atoms with Crippen LogP contribution in [0.3, 0.4) is 0 Å². The van der Waals surface area contributed by atoms with E-state index in [2.05, 4.69) is 52.8 Å². The van der Waals surface area contributed by atoms with Gasteiger partial charge in [0.1, 0.15) is 11.5 Å². The van der Waals surface area contributed by atoms with E-state index in [-0.39, 0.29) is 5.91 Å². The molecule has 4 nitrogen and oxygen atoms in total. The Morgan fingerprint density at radius 3 is 2.75 bits per heavy atom. The van der Waals surface area contributed by atoms with Gasteiger partial charge in [0.05, 0.1) is 0 Å². The minimum atomic E-state index is -0.0412. The van der Waals surface area contributed by atoms with Crippen LogP contribution in [0.25, 0.3) is 10.8 Å². The maximum absolute atomic E-state index is 12.2. The molecular formula is C23H22N2O2S. The normalized spacial score (nSPS) is 11.0. The van der Waals surface area contributed by atoms with Crippen LogP contribution in [-0.4, -0.2) is 10.9 Å². The fourth-order valence-corrected chi connectivity index (χ4v) is 4.10. The number of hydrogen-bond acceptors (Lipinski definition) is 4. The first kappa shape index (κ1) is 18.4.